The fourth-order valence-corrected chi connectivity index (χ4v) is 3.76. The molecular formula is C19H16F3N5O4S. The zero-order valence-corrected chi connectivity index (χ0v) is 17.6. The summed E-state index contributed by atoms with van der Waals surface area (Å²) in [5.41, 5.74) is 1.69. The van der Waals surface area contributed by atoms with E-state index in [2.05, 4.69) is 19.6 Å². The Morgan fingerprint density at radius 3 is 2.66 bits per heavy atom. The quantitative estimate of drug-likeness (QED) is 0.568. The van der Waals surface area contributed by atoms with Crippen LogP contribution >= 0.6 is 0 Å². The van der Waals surface area contributed by atoms with E-state index in [1.165, 1.54) is 30.3 Å². The van der Waals surface area contributed by atoms with Crippen molar-refractivity contribution in [2.75, 3.05) is 17.6 Å². The molecule has 0 saturated carbocycles. The van der Waals surface area contributed by atoms with Crippen molar-refractivity contribution in [3.8, 4) is 11.4 Å². The molecule has 1 aliphatic heterocycles. The lowest BCUT2D eigenvalue weighted by molar-refractivity contribution is -0.159. The Hall–Kier alpha value is -3.48. The highest BCUT2D eigenvalue weighted by Crippen LogP contribution is 2.32. The predicted octanol–water partition coefficient (Wildman–Crippen LogP) is 2.70. The number of pyridine rings is 1. The number of carbonyl (C=O) groups is 1. The van der Waals surface area contributed by atoms with E-state index in [0.717, 1.165) is 10.6 Å². The first-order valence-electron chi connectivity index (χ1n) is 9.16. The molecular weight excluding hydrogens is 451 g/mol. The summed E-state index contributed by atoms with van der Waals surface area (Å²) < 4.78 is 67.3. The maximum atomic E-state index is 13.0. The van der Waals surface area contributed by atoms with E-state index < -0.39 is 22.1 Å². The number of amides is 1. The highest BCUT2D eigenvalue weighted by molar-refractivity contribution is 7.92. The van der Waals surface area contributed by atoms with E-state index in [4.69, 9.17) is 0 Å². The second kappa shape index (κ2) is 7.58. The largest absolute Gasteiger partial charge is 0.471 e. The third kappa shape index (κ3) is 4.02. The molecule has 0 radical (unpaired) electrons. The molecule has 0 saturated heterocycles. The molecule has 0 fully saturated rings. The van der Waals surface area contributed by atoms with Crippen LogP contribution in [0.15, 0.2) is 41.1 Å². The first-order valence-corrected chi connectivity index (χ1v) is 11.0. The Bertz CT molecular complexity index is 1310. The van der Waals surface area contributed by atoms with Crippen molar-refractivity contribution in [2.24, 2.45) is 0 Å². The van der Waals surface area contributed by atoms with Gasteiger partial charge in [0.2, 0.25) is 15.8 Å². The van der Waals surface area contributed by atoms with Gasteiger partial charge in [-0.05, 0) is 17.7 Å². The lowest BCUT2D eigenvalue weighted by atomic mass is 10.1. The fourth-order valence-electron chi connectivity index (χ4n) is 3.28. The number of anilines is 1. The van der Waals surface area contributed by atoms with Gasteiger partial charge in [-0.25, -0.2) is 13.4 Å². The summed E-state index contributed by atoms with van der Waals surface area (Å²) >= 11 is 0. The summed E-state index contributed by atoms with van der Waals surface area (Å²) in [7, 11) is -2.19. The molecule has 0 unspecified atom stereocenters. The number of hydrogen-bond donors (Lipinski definition) is 0. The lowest BCUT2D eigenvalue weighted by Gasteiger charge is -2.22. The standard InChI is InChI=1S/C19H16F3N5O4S/c1-26(32(2,29)30)16-13(4-3-7-23-16)10-27-9-12-6-5-11(8-14(12)17(27)28)15-24-18(31-25-15)19(20,21)22/h3-8H,9-10H2,1-2H3. The summed E-state index contributed by atoms with van der Waals surface area (Å²) in [4.78, 5) is 21.9. The molecule has 4 rings (SSSR count). The summed E-state index contributed by atoms with van der Waals surface area (Å²) in [5, 5.41) is 3.34. The van der Waals surface area contributed by atoms with E-state index in [-0.39, 0.29) is 36.2 Å². The number of benzene rings is 1. The van der Waals surface area contributed by atoms with Crippen molar-refractivity contribution >= 4 is 21.7 Å². The maximum absolute atomic E-state index is 13.0. The molecule has 0 atom stereocenters. The van der Waals surface area contributed by atoms with Gasteiger partial charge in [0, 0.05) is 36.5 Å². The summed E-state index contributed by atoms with van der Waals surface area (Å²) in [6.07, 6.45) is -2.27. The van der Waals surface area contributed by atoms with Gasteiger partial charge in [0.15, 0.2) is 0 Å². The third-order valence-electron chi connectivity index (χ3n) is 4.94. The third-order valence-corrected chi connectivity index (χ3v) is 6.11. The molecule has 1 aliphatic rings. The van der Waals surface area contributed by atoms with Crippen LogP contribution in [0.2, 0.25) is 0 Å². The summed E-state index contributed by atoms with van der Waals surface area (Å²) in [5.74, 6) is -1.92. The van der Waals surface area contributed by atoms with Crippen LogP contribution < -0.4 is 4.31 Å². The SMILES string of the molecule is CN(c1ncccc1CN1Cc2ccc(-c3noc(C(F)(F)F)n3)cc2C1=O)S(C)(=O)=O. The molecule has 2 aromatic heterocycles. The van der Waals surface area contributed by atoms with E-state index >= 15 is 0 Å². The number of fused-ring (bicyclic) bond motifs is 1. The van der Waals surface area contributed by atoms with Crippen molar-refractivity contribution in [1.82, 2.24) is 20.0 Å². The average Bonchev–Trinajstić information content (AvgIpc) is 3.33. The summed E-state index contributed by atoms with van der Waals surface area (Å²) in [6.45, 7) is 0.331. The molecule has 32 heavy (non-hydrogen) atoms. The molecule has 3 aromatic rings. The molecule has 0 spiro atoms. The Balaban J connectivity index is 1.60. The van der Waals surface area contributed by atoms with Crippen LogP contribution in [-0.4, -0.2) is 47.7 Å². The first kappa shape index (κ1) is 21.7. The Morgan fingerprint density at radius 2 is 2.00 bits per heavy atom. The van der Waals surface area contributed by atoms with Gasteiger partial charge in [-0.15, -0.1) is 0 Å². The number of rotatable bonds is 5. The highest BCUT2D eigenvalue weighted by Gasteiger charge is 2.38. The number of halogens is 3. The molecule has 0 aliphatic carbocycles. The van der Waals surface area contributed by atoms with Gasteiger partial charge in [-0.2, -0.15) is 18.2 Å². The Kier molecular flexibility index (Phi) is 5.15. The highest BCUT2D eigenvalue weighted by atomic mass is 32.2. The number of carbonyl (C=O) groups excluding carboxylic acids is 1. The van der Waals surface area contributed by atoms with E-state index in [1.54, 1.807) is 18.2 Å². The number of sulfonamides is 1. The molecule has 9 nitrogen and oxygen atoms in total. The Labute approximate surface area is 180 Å². The minimum absolute atomic E-state index is 0.0896. The topological polar surface area (TPSA) is 110 Å². The van der Waals surface area contributed by atoms with Gasteiger partial charge < -0.3 is 9.42 Å². The molecule has 1 amide bonds. The fraction of sp³-hybridized carbons (Fsp3) is 0.263. The van der Waals surface area contributed by atoms with Crippen molar-refractivity contribution in [3.05, 3.63) is 59.1 Å². The minimum atomic E-state index is -4.77. The zero-order chi connectivity index (χ0) is 23.3. The van der Waals surface area contributed by atoms with Crippen LogP contribution in [0.1, 0.15) is 27.4 Å². The Morgan fingerprint density at radius 1 is 1.25 bits per heavy atom. The molecule has 13 heteroatoms. The second-order valence-electron chi connectivity index (χ2n) is 7.17. The lowest BCUT2D eigenvalue weighted by Crippen LogP contribution is -2.29. The number of nitrogens with zero attached hydrogens (tertiary/aromatic N) is 5. The smallest absolute Gasteiger partial charge is 0.330 e. The molecule has 0 N–H and O–H groups in total. The normalized spacial score (nSPS) is 14.0. The van der Waals surface area contributed by atoms with Gasteiger partial charge >= 0.3 is 12.1 Å². The van der Waals surface area contributed by atoms with Gasteiger partial charge in [0.25, 0.3) is 5.91 Å². The first-order chi connectivity index (χ1) is 14.9. The minimum Gasteiger partial charge on any atom is -0.330 e. The van der Waals surface area contributed by atoms with Crippen LogP contribution in [-0.2, 0) is 29.3 Å². The van der Waals surface area contributed by atoms with Gasteiger partial charge in [-0.3, -0.25) is 9.10 Å². The van der Waals surface area contributed by atoms with Crippen LogP contribution in [0, 0.1) is 0 Å². The summed E-state index contributed by atoms with van der Waals surface area (Å²) in [6, 6.07) is 7.83. The van der Waals surface area contributed by atoms with Gasteiger partial charge in [-0.1, -0.05) is 23.4 Å². The maximum Gasteiger partial charge on any atom is 0.471 e. The monoisotopic (exact) mass is 467 g/mol. The van der Waals surface area contributed by atoms with Crippen LogP contribution in [0.25, 0.3) is 11.4 Å². The number of alkyl halides is 3. The van der Waals surface area contributed by atoms with Crippen LogP contribution in [0.4, 0.5) is 19.0 Å². The van der Waals surface area contributed by atoms with Gasteiger partial charge in [0.1, 0.15) is 5.82 Å². The van der Waals surface area contributed by atoms with Crippen molar-refractivity contribution in [1.29, 1.82) is 0 Å². The van der Waals surface area contributed by atoms with E-state index in [1.807, 2.05) is 0 Å². The predicted molar refractivity (Wildman–Crippen MR) is 106 cm³/mol. The number of aromatic nitrogens is 3. The van der Waals surface area contributed by atoms with Gasteiger partial charge in [0.05, 0.1) is 12.8 Å². The second-order valence-corrected chi connectivity index (χ2v) is 9.18. The zero-order valence-electron chi connectivity index (χ0n) is 16.8. The number of hydrogen-bond acceptors (Lipinski definition) is 7. The van der Waals surface area contributed by atoms with Crippen molar-refractivity contribution in [3.63, 3.8) is 0 Å². The van der Waals surface area contributed by atoms with Crippen molar-refractivity contribution in [2.45, 2.75) is 19.3 Å². The van der Waals surface area contributed by atoms with E-state index in [9.17, 15) is 26.4 Å². The van der Waals surface area contributed by atoms with Crippen molar-refractivity contribution < 1.29 is 30.9 Å². The molecule has 168 valence electrons. The average molecular weight is 467 g/mol. The molecule has 0 bridgehead atoms. The van der Waals surface area contributed by atoms with E-state index in [0.29, 0.717) is 16.7 Å². The van der Waals surface area contributed by atoms with Crippen LogP contribution in [0.3, 0.4) is 0 Å². The van der Waals surface area contributed by atoms with Crippen LogP contribution in [0.5, 0.6) is 0 Å². The molecule has 3 heterocycles. The molecule has 1 aromatic carbocycles.